The highest BCUT2D eigenvalue weighted by Crippen LogP contribution is 2.35. The molecule has 0 saturated carbocycles. The molecule has 1 atom stereocenters. The predicted octanol–water partition coefficient (Wildman–Crippen LogP) is 6.33. The highest BCUT2D eigenvalue weighted by Gasteiger charge is 2.12. The van der Waals surface area contributed by atoms with Crippen molar-refractivity contribution in [2.75, 3.05) is 6.61 Å². The van der Waals surface area contributed by atoms with E-state index in [9.17, 15) is 0 Å². The Balaban J connectivity index is 2.22. The lowest BCUT2D eigenvalue weighted by Gasteiger charge is -2.14. The van der Waals surface area contributed by atoms with Crippen molar-refractivity contribution >= 4 is 54.5 Å². The maximum absolute atomic E-state index is 5.68. The van der Waals surface area contributed by atoms with E-state index in [-0.39, 0.29) is 4.83 Å². The van der Waals surface area contributed by atoms with Gasteiger partial charge >= 0.3 is 0 Å². The van der Waals surface area contributed by atoms with E-state index >= 15 is 0 Å². The van der Waals surface area contributed by atoms with Crippen LogP contribution in [0.2, 0.25) is 0 Å². The summed E-state index contributed by atoms with van der Waals surface area (Å²) >= 11 is 9.70. The molecular formula is C16H15Br2IO. The molecule has 0 fully saturated rings. The number of halogens is 3. The van der Waals surface area contributed by atoms with Crippen LogP contribution in [-0.4, -0.2) is 6.61 Å². The van der Waals surface area contributed by atoms with Crippen molar-refractivity contribution in [2.45, 2.75) is 18.2 Å². The number of benzene rings is 2. The molecule has 1 unspecified atom stereocenters. The molecule has 0 spiro atoms. The van der Waals surface area contributed by atoms with Crippen LogP contribution in [0.5, 0.6) is 5.75 Å². The van der Waals surface area contributed by atoms with E-state index in [1.54, 1.807) is 0 Å². The molecule has 0 aliphatic carbocycles. The number of rotatable bonds is 5. The Morgan fingerprint density at radius 1 is 1.15 bits per heavy atom. The van der Waals surface area contributed by atoms with Crippen LogP contribution in [0.15, 0.2) is 46.9 Å². The van der Waals surface area contributed by atoms with Crippen molar-refractivity contribution in [2.24, 2.45) is 0 Å². The average Bonchev–Trinajstić information content (AvgIpc) is 2.45. The van der Waals surface area contributed by atoms with Gasteiger partial charge in [0.1, 0.15) is 5.75 Å². The number of hydrogen-bond donors (Lipinski definition) is 0. The molecule has 2 aromatic rings. The molecule has 106 valence electrons. The molecule has 0 bridgehead atoms. The second-order valence-electron chi connectivity index (χ2n) is 4.46. The van der Waals surface area contributed by atoms with E-state index in [1.165, 1.54) is 14.7 Å². The minimum atomic E-state index is 0.189. The fraction of sp³-hybridized carbons (Fsp3) is 0.250. The van der Waals surface area contributed by atoms with Gasteiger partial charge in [0.2, 0.25) is 0 Å². The highest BCUT2D eigenvalue weighted by atomic mass is 127. The summed E-state index contributed by atoms with van der Waals surface area (Å²) in [5.41, 5.74) is 2.47. The minimum Gasteiger partial charge on any atom is -0.492 e. The summed E-state index contributed by atoms with van der Waals surface area (Å²) in [6.07, 6.45) is 1.01. The van der Waals surface area contributed by atoms with Crippen LogP contribution >= 0.6 is 54.5 Å². The third kappa shape index (κ3) is 4.21. The van der Waals surface area contributed by atoms with Gasteiger partial charge in [-0.3, -0.25) is 0 Å². The molecule has 0 amide bonds. The Kier molecular flexibility index (Phi) is 6.36. The molecule has 0 aliphatic rings. The van der Waals surface area contributed by atoms with Gasteiger partial charge in [-0.15, -0.1) is 0 Å². The first-order valence-corrected chi connectivity index (χ1v) is 9.22. The van der Waals surface area contributed by atoms with Gasteiger partial charge < -0.3 is 4.74 Å². The molecule has 2 aromatic carbocycles. The van der Waals surface area contributed by atoms with Crippen molar-refractivity contribution in [1.82, 2.24) is 0 Å². The Bertz CT molecular complexity index is 586. The highest BCUT2D eigenvalue weighted by molar-refractivity contribution is 14.1. The maximum Gasteiger partial charge on any atom is 0.133 e. The van der Waals surface area contributed by atoms with Crippen LogP contribution in [0.25, 0.3) is 0 Å². The van der Waals surface area contributed by atoms with Gasteiger partial charge in [0.25, 0.3) is 0 Å². The summed E-state index contributed by atoms with van der Waals surface area (Å²) < 4.78 is 7.92. The molecule has 20 heavy (non-hydrogen) atoms. The summed E-state index contributed by atoms with van der Waals surface area (Å²) in [5.74, 6) is 0.901. The zero-order chi connectivity index (χ0) is 14.5. The van der Waals surface area contributed by atoms with Gasteiger partial charge in [-0.1, -0.05) is 41.1 Å². The van der Waals surface area contributed by atoms with Crippen LogP contribution in [0.3, 0.4) is 0 Å². The van der Waals surface area contributed by atoms with Gasteiger partial charge in [0, 0.05) is 3.57 Å². The number of alkyl halides is 1. The molecule has 0 radical (unpaired) electrons. The van der Waals surface area contributed by atoms with E-state index in [2.05, 4.69) is 97.8 Å². The Morgan fingerprint density at radius 2 is 1.90 bits per heavy atom. The molecular weight excluding hydrogens is 495 g/mol. The first-order chi connectivity index (χ1) is 9.61. The minimum absolute atomic E-state index is 0.189. The van der Waals surface area contributed by atoms with Gasteiger partial charge in [0.15, 0.2) is 0 Å². The van der Waals surface area contributed by atoms with Crippen molar-refractivity contribution in [1.29, 1.82) is 0 Å². The maximum atomic E-state index is 5.68. The van der Waals surface area contributed by atoms with Crippen molar-refractivity contribution in [3.05, 3.63) is 61.6 Å². The zero-order valence-corrected chi connectivity index (χ0v) is 16.4. The third-order valence-electron chi connectivity index (χ3n) is 2.85. The van der Waals surface area contributed by atoms with Gasteiger partial charge in [0.05, 0.1) is 15.9 Å². The predicted molar refractivity (Wildman–Crippen MR) is 99.9 cm³/mol. The Morgan fingerprint density at radius 3 is 2.55 bits per heavy atom. The summed E-state index contributed by atoms with van der Waals surface area (Å²) in [7, 11) is 0. The Labute approximate surface area is 150 Å². The van der Waals surface area contributed by atoms with Crippen molar-refractivity contribution < 1.29 is 4.74 Å². The molecule has 4 heteroatoms. The monoisotopic (exact) mass is 508 g/mol. The molecule has 0 heterocycles. The van der Waals surface area contributed by atoms with Gasteiger partial charge in [-0.25, -0.2) is 0 Å². The van der Waals surface area contributed by atoms with Gasteiger partial charge in [-0.05, 0) is 80.3 Å². The normalized spacial score (nSPS) is 12.2. The molecule has 2 rings (SSSR count). The summed E-state index contributed by atoms with van der Waals surface area (Å²) in [6, 6.07) is 14.8. The van der Waals surface area contributed by atoms with E-state index in [0.29, 0.717) is 0 Å². The smallest absolute Gasteiger partial charge is 0.133 e. The van der Waals surface area contributed by atoms with E-state index in [0.717, 1.165) is 23.2 Å². The quantitative estimate of drug-likeness (QED) is 0.338. The van der Waals surface area contributed by atoms with Crippen molar-refractivity contribution in [3.63, 3.8) is 0 Å². The second-order valence-corrected chi connectivity index (χ2v) is 7.47. The molecule has 1 nitrogen and oxygen atoms in total. The largest absolute Gasteiger partial charge is 0.492 e. The third-order valence-corrected chi connectivity index (χ3v) is 5.20. The molecule has 0 N–H and O–H groups in total. The van der Waals surface area contributed by atoms with Crippen LogP contribution in [0.1, 0.15) is 29.3 Å². The zero-order valence-electron chi connectivity index (χ0n) is 11.1. The SMILES string of the molecule is CCCOc1ccc(C(Br)c2cccc(I)c2)cc1Br. The first-order valence-electron chi connectivity index (χ1n) is 6.43. The fourth-order valence-corrected chi connectivity index (χ4v) is 3.51. The lowest BCUT2D eigenvalue weighted by Crippen LogP contribution is -1.98. The van der Waals surface area contributed by atoms with E-state index in [1.807, 2.05) is 6.07 Å². The second kappa shape index (κ2) is 7.80. The average molecular weight is 510 g/mol. The van der Waals surface area contributed by atoms with Crippen LogP contribution in [0, 0.1) is 3.57 Å². The van der Waals surface area contributed by atoms with Crippen LogP contribution in [-0.2, 0) is 0 Å². The number of hydrogen-bond acceptors (Lipinski definition) is 1. The lowest BCUT2D eigenvalue weighted by molar-refractivity contribution is 0.315. The summed E-state index contributed by atoms with van der Waals surface area (Å²) in [4.78, 5) is 0.189. The molecule has 0 saturated heterocycles. The molecule has 0 aliphatic heterocycles. The fourth-order valence-electron chi connectivity index (χ4n) is 1.86. The van der Waals surface area contributed by atoms with Crippen molar-refractivity contribution in [3.8, 4) is 5.75 Å². The standard InChI is InChI=1S/C16H15Br2IO/c1-2-8-20-15-7-6-12(10-14(15)17)16(18)11-4-3-5-13(19)9-11/h3-7,9-10,16H,2,8H2,1H3. The topological polar surface area (TPSA) is 9.23 Å². The number of ether oxygens (including phenoxy) is 1. The van der Waals surface area contributed by atoms with E-state index < -0.39 is 0 Å². The van der Waals surface area contributed by atoms with Crippen LogP contribution in [0.4, 0.5) is 0 Å². The summed E-state index contributed by atoms with van der Waals surface area (Å²) in [5, 5.41) is 0. The van der Waals surface area contributed by atoms with Gasteiger partial charge in [-0.2, -0.15) is 0 Å². The summed E-state index contributed by atoms with van der Waals surface area (Å²) in [6.45, 7) is 2.85. The van der Waals surface area contributed by atoms with Crippen LogP contribution < -0.4 is 4.74 Å². The molecule has 0 aromatic heterocycles. The van der Waals surface area contributed by atoms with E-state index in [4.69, 9.17) is 4.74 Å². The Hall–Kier alpha value is -0.0700. The first kappa shape index (κ1) is 16.3. The lowest BCUT2D eigenvalue weighted by atomic mass is 10.0.